The van der Waals surface area contributed by atoms with E-state index in [1.807, 2.05) is 25.1 Å². The fraction of sp³-hybridized carbons (Fsp3) is 0.400. The Kier molecular flexibility index (Phi) is 4.81. The standard InChI is InChI=1S/C10H16N2.ClH/c1-3-9(11)8-5-4-7(2)10(12)6-8;/h4-6,9H,3,11-12H2,1-2H3;1H. The largest absolute Gasteiger partial charge is 0.399 e. The van der Waals surface area contributed by atoms with E-state index < -0.39 is 0 Å². The first kappa shape index (κ1) is 12.3. The lowest BCUT2D eigenvalue weighted by Crippen LogP contribution is -2.09. The Balaban J connectivity index is 0.00000144. The van der Waals surface area contributed by atoms with E-state index in [0.717, 1.165) is 23.2 Å². The van der Waals surface area contributed by atoms with Crippen molar-refractivity contribution in [2.24, 2.45) is 5.73 Å². The summed E-state index contributed by atoms with van der Waals surface area (Å²) >= 11 is 0. The summed E-state index contributed by atoms with van der Waals surface area (Å²) in [6.45, 7) is 4.07. The third kappa shape index (κ3) is 2.90. The summed E-state index contributed by atoms with van der Waals surface area (Å²) in [5.41, 5.74) is 14.7. The molecule has 0 aromatic heterocycles. The third-order valence-electron chi connectivity index (χ3n) is 2.17. The van der Waals surface area contributed by atoms with Crippen molar-refractivity contribution in [1.29, 1.82) is 0 Å². The molecule has 0 saturated carbocycles. The van der Waals surface area contributed by atoms with Gasteiger partial charge in [0, 0.05) is 11.7 Å². The van der Waals surface area contributed by atoms with Crippen molar-refractivity contribution in [2.45, 2.75) is 26.3 Å². The van der Waals surface area contributed by atoms with Gasteiger partial charge in [-0.1, -0.05) is 19.1 Å². The van der Waals surface area contributed by atoms with Crippen LogP contribution in [0.5, 0.6) is 0 Å². The van der Waals surface area contributed by atoms with Crippen molar-refractivity contribution in [1.82, 2.24) is 0 Å². The fourth-order valence-electron chi connectivity index (χ4n) is 1.13. The van der Waals surface area contributed by atoms with Gasteiger partial charge in [-0.25, -0.2) is 0 Å². The molecule has 0 radical (unpaired) electrons. The Bertz CT molecular complexity index is 274. The quantitative estimate of drug-likeness (QED) is 0.721. The van der Waals surface area contributed by atoms with Gasteiger partial charge in [-0.05, 0) is 30.5 Å². The van der Waals surface area contributed by atoms with Crippen molar-refractivity contribution >= 4 is 18.1 Å². The smallest absolute Gasteiger partial charge is 0.0347 e. The molecule has 74 valence electrons. The molecule has 0 aliphatic heterocycles. The van der Waals surface area contributed by atoms with Crippen molar-refractivity contribution < 1.29 is 0 Å². The number of aryl methyl sites for hydroxylation is 1. The molecule has 1 aromatic carbocycles. The number of hydrogen-bond donors (Lipinski definition) is 2. The predicted molar refractivity (Wildman–Crippen MR) is 60.1 cm³/mol. The summed E-state index contributed by atoms with van der Waals surface area (Å²) in [6.07, 6.45) is 0.947. The lowest BCUT2D eigenvalue weighted by molar-refractivity contribution is 0.699. The highest BCUT2D eigenvalue weighted by atomic mass is 35.5. The summed E-state index contributed by atoms with van der Waals surface area (Å²) in [4.78, 5) is 0. The second kappa shape index (κ2) is 5.10. The van der Waals surface area contributed by atoms with Gasteiger partial charge in [0.05, 0.1) is 0 Å². The van der Waals surface area contributed by atoms with E-state index in [9.17, 15) is 0 Å². The lowest BCUT2D eigenvalue weighted by Gasteiger charge is -2.10. The first-order valence-electron chi connectivity index (χ1n) is 4.26. The molecule has 0 fully saturated rings. The summed E-state index contributed by atoms with van der Waals surface area (Å²) in [7, 11) is 0. The van der Waals surface area contributed by atoms with E-state index >= 15 is 0 Å². The van der Waals surface area contributed by atoms with E-state index in [1.54, 1.807) is 0 Å². The molecular weight excluding hydrogens is 184 g/mol. The van der Waals surface area contributed by atoms with E-state index in [0.29, 0.717) is 0 Å². The number of rotatable bonds is 2. The van der Waals surface area contributed by atoms with Gasteiger partial charge in [0.25, 0.3) is 0 Å². The van der Waals surface area contributed by atoms with Gasteiger partial charge in [0.2, 0.25) is 0 Å². The SMILES string of the molecule is CCC(N)c1ccc(C)c(N)c1.Cl. The van der Waals surface area contributed by atoms with Gasteiger partial charge in [0.1, 0.15) is 0 Å². The van der Waals surface area contributed by atoms with Crippen LogP contribution in [-0.2, 0) is 0 Å². The van der Waals surface area contributed by atoms with Crippen LogP contribution in [0.25, 0.3) is 0 Å². The summed E-state index contributed by atoms with van der Waals surface area (Å²) in [5, 5.41) is 0. The minimum absolute atomic E-state index is 0. The van der Waals surface area contributed by atoms with Crippen LogP contribution in [0.1, 0.15) is 30.5 Å². The Labute approximate surface area is 85.7 Å². The highest BCUT2D eigenvalue weighted by molar-refractivity contribution is 5.85. The van der Waals surface area contributed by atoms with E-state index in [1.165, 1.54) is 0 Å². The lowest BCUT2D eigenvalue weighted by atomic mass is 10.0. The molecule has 0 heterocycles. The molecule has 0 saturated heterocycles. The number of benzene rings is 1. The van der Waals surface area contributed by atoms with Crippen LogP contribution in [0.15, 0.2) is 18.2 Å². The predicted octanol–water partition coefficient (Wildman–Crippen LogP) is 2.41. The van der Waals surface area contributed by atoms with Gasteiger partial charge in [0.15, 0.2) is 0 Å². The van der Waals surface area contributed by atoms with Crippen LogP contribution in [-0.4, -0.2) is 0 Å². The normalized spacial score (nSPS) is 11.9. The zero-order chi connectivity index (χ0) is 9.14. The van der Waals surface area contributed by atoms with Gasteiger partial charge in [-0.2, -0.15) is 0 Å². The second-order valence-corrected chi connectivity index (χ2v) is 3.13. The van der Waals surface area contributed by atoms with E-state index in [-0.39, 0.29) is 18.4 Å². The van der Waals surface area contributed by atoms with E-state index in [4.69, 9.17) is 11.5 Å². The average molecular weight is 201 g/mol. The molecule has 1 atom stereocenters. The minimum atomic E-state index is 0. The van der Waals surface area contributed by atoms with Crippen molar-refractivity contribution in [3.05, 3.63) is 29.3 Å². The Morgan fingerprint density at radius 2 is 2.00 bits per heavy atom. The maximum absolute atomic E-state index is 5.86. The third-order valence-corrected chi connectivity index (χ3v) is 2.17. The fourth-order valence-corrected chi connectivity index (χ4v) is 1.13. The Morgan fingerprint density at radius 1 is 1.38 bits per heavy atom. The maximum Gasteiger partial charge on any atom is 0.0347 e. The van der Waals surface area contributed by atoms with Gasteiger partial charge < -0.3 is 11.5 Å². The molecule has 1 aromatic rings. The first-order valence-corrected chi connectivity index (χ1v) is 4.26. The number of hydrogen-bond acceptors (Lipinski definition) is 2. The molecule has 13 heavy (non-hydrogen) atoms. The number of nitrogen functional groups attached to an aromatic ring is 1. The number of halogens is 1. The molecular formula is C10H17ClN2. The van der Waals surface area contributed by atoms with E-state index in [2.05, 4.69) is 6.92 Å². The highest BCUT2D eigenvalue weighted by Crippen LogP contribution is 2.19. The van der Waals surface area contributed by atoms with Gasteiger partial charge in [-0.15, -0.1) is 12.4 Å². The average Bonchev–Trinajstić information content (AvgIpc) is 2.08. The number of nitrogens with two attached hydrogens (primary N) is 2. The van der Waals surface area contributed by atoms with Crippen LogP contribution < -0.4 is 11.5 Å². The molecule has 0 amide bonds. The Morgan fingerprint density at radius 3 is 2.46 bits per heavy atom. The monoisotopic (exact) mass is 200 g/mol. The van der Waals surface area contributed by atoms with Gasteiger partial charge >= 0.3 is 0 Å². The van der Waals surface area contributed by atoms with Crippen LogP contribution >= 0.6 is 12.4 Å². The molecule has 2 nitrogen and oxygen atoms in total. The maximum atomic E-state index is 5.86. The van der Waals surface area contributed by atoms with Crippen LogP contribution in [0.2, 0.25) is 0 Å². The Hall–Kier alpha value is -0.730. The highest BCUT2D eigenvalue weighted by Gasteiger charge is 2.03. The molecule has 0 aliphatic carbocycles. The molecule has 0 bridgehead atoms. The molecule has 4 N–H and O–H groups in total. The zero-order valence-electron chi connectivity index (χ0n) is 8.08. The van der Waals surface area contributed by atoms with Crippen LogP contribution in [0.4, 0.5) is 5.69 Å². The second-order valence-electron chi connectivity index (χ2n) is 3.13. The summed E-state index contributed by atoms with van der Waals surface area (Å²) in [5.74, 6) is 0. The zero-order valence-corrected chi connectivity index (χ0v) is 8.90. The van der Waals surface area contributed by atoms with Crippen LogP contribution in [0.3, 0.4) is 0 Å². The molecule has 3 heteroatoms. The van der Waals surface area contributed by atoms with Crippen LogP contribution in [0, 0.1) is 6.92 Å². The van der Waals surface area contributed by atoms with Crippen molar-refractivity contribution in [3.8, 4) is 0 Å². The molecule has 1 unspecified atom stereocenters. The summed E-state index contributed by atoms with van der Waals surface area (Å²) < 4.78 is 0. The summed E-state index contributed by atoms with van der Waals surface area (Å²) in [6, 6.07) is 6.14. The number of anilines is 1. The van der Waals surface area contributed by atoms with Gasteiger partial charge in [-0.3, -0.25) is 0 Å². The molecule has 0 spiro atoms. The first-order chi connectivity index (χ1) is 5.65. The molecule has 0 aliphatic rings. The topological polar surface area (TPSA) is 52.0 Å². The van der Waals surface area contributed by atoms with Crippen molar-refractivity contribution in [2.75, 3.05) is 5.73 Å². The minimum Gasteiger partial charge on any atom is -0.399 e. The van der Waals surface area contributed by atoms with Crippen molar-refractivity contribution in [3.63, 3.8) is 0 Å². The molecule has 1 rings (SSSR count).